The van der Waals surface area contributed by atoms with Crippen molar-refractivity contribution in [2.75, 3.05) is 39.3 Å². The van der Waals surface area contributed by atoms with Crippen LogP contribution < -0.4 is 5.73 Å². The molecule has 3 rings (SSSR count). The zero-order chi connectivity index (χ0) is 18.5. The lowest BCUT2D eigenvalue weighted by atomic mass is 10.0. The zero-order valence-corrected chi connectivity index (χ0v) is 16.3. The molecule has 0 radical (unpaired) electrons. The van der Waals surface area contributed by atoms with Gasteiger partial charge in [0.25, 0.3) is 0 Å². The van der Waals surface area contributed by atoms with E-state index in [9.17, 15) is 4.79 Å². The molecule has 0 bridgehead atoms. The Kier molecular flexibility index (Phi) is 6.68. The predicted molar refractivity (Wildman–Crippen MR) is 106 cm³/mol. The standard InChI is InChI=1S/C21H34N4O/c1-17-8-9-18(2)25(17)15-12-23-10-13-24(14-11-23)21(26)16-20(22)19-6-4-3-5-7-19/h3-7,17-18,20H,8-16,22H2,1-2H3. The van der Waals surface area contributed by atoms with Gasteiger partial charge >= 0.3 is 0 Å². The minimum Gasteiger partial charge on any atom is -0.340 e. The monoisotopic (exact) mass is 358 g/mol. The third kappa shape index (κ3) is 4.84. The Bertz CT molecular complexity index is 561. The summed E-state index contributed by atoms with van der Waals surface area (Å²) >= 11 is 0. The van der Waals surface area contributed by atoms with Gasteiger partial charge in [-0.2, -0.15) is 0 Å². The third-order valence-electron chi connectivity index (χ3n) is 6.16. The Morgan fingerprint density at radius 3 is 2.27 bits per heavy atom. The molecule has 3 unspecified atom stereocenters. The van der Waals surface area contributed by atoms with Crippen molar-refractivity contribution in [1.82, 2.24) is 14.7 Å². The molecule has 1 aromatic rings. The van der Waals surface area contributed by atoms with E-state index in [1.807, 2.05) is 35.2 Å². The van der Waals surface area contributed by atoms with Crippen LogP contribution in [0.5, 0.6) is 0 Å². The fraction of sp³-hybridized carbons (Fsp3) is 0.667. The van der Waals surface area contributed by atoms with Crippen LogP contribution >= 0.6 is 0 Å². The van der Waals surface area contributed by atoms with Crippen LogP contribution in [-0.4, -0.2) is 72.0 Å². The third-order valence-corrected chi connectivity index (χ3v) is 6.16. The second-order valence-corrected chi connectivity index (χ2v) is 7.96. The fourth-order valence-electron chi connectivity index (χ4n) is 4.30. The average Bonchev–Trinajstić information content (AvgIpc) is 2.99. The van der Waals surface area contributed by atoms with Gasteiger partial charge in [0.1, 0.15) is 0 Å². The molecule has 0 spiro atoms. The van der Waals surface area contributed by atoms with E-state index in [-0.39, 0.29) is 11.9 Å². The van der Waals surface area contributed by atoms with Gasteiger partial charge in [-0.25, -0.2) is 0 Å². The van der Waals surface area contributed by atoms with E-state index in [1.165, 1.54) is 12.8 Å². The summed E-state index contributed by atoms with van der Waals surface area (Å²) in [5.74, 6) is 0.183. The minimum absolute atomic E-state index is 0.183. The van der Waals surface area contributed by atoms with E-state index in [1.54, 1.807) is 0 Å². The van der Waals surface area contributed by atoms with Crippen LogP contribution in [-0.2, 0) is 4.79 Å². The van der Waals surface area contributed by atoms with Gasteiger partial charge in [0.15, 0.2) is 0 Å². The Morgan fingerprint density at radius 1 is 1.04 bits per heavy atom. The number of rotatable bonds is 6. The van der Waals surface area contributed by atoms with E-state index >= 15 is 0 Å². The second kappa shape index (κ2) is 8.98. The Labute approximate surface area is 158 Å². The van der Waals surface area contributed by atoms with E-state index in [4.69, 9.17) is 5.73 Å². The number of piperazine rings is 1. The van der Waals surface area contributed by atoms with Gasteiger partial charge in [-0.1, -0.05) is 30.3 Å². The molecule has 0 aliphatic carbocycles. The molecule has 3 atom stereocenters. The van der Waals surface area contributed by atoms with Gasteiger partial charge in [0.2, 0.25) is 5.91 Å². The highest BCUT2D eigenvalue weighted by atomic mass is 16.2. The quantitative estimate of drug-likeness (QED) is 0.846. The first kappa shape index (κ1) is 19.3. The van der Waals surface area contributed by atoms with E-state index in [0.717, 1.165) is 44.8 Å². The van der Waals surface area contributed by atoms with Crippen molar-refractivity contribution in [2.24, 2.45) is 5.73 Å². The van der Waals surface area contributed by atoms with Crippen LogP contribution in [0.25, 0.3) is 0 Å². The lowest BCUT2D eigenvalue weighted by Gasteiger charge is -2.37. The Balaban J connectivity index is 1.40. The van der Waals surface area contributed by atoms with Crippen LogP contribution in [0.4, 0.5) is 0 Å². The van der Waals surface area contributed by atoms with Gasteiger partial charge in [-0.05, 0) is 32.3 Å². The summed E-state index contributed by atoms with van der Waals surface area (Å²) in [6.07, 6.45) is 3.04. The highest BCUT2D eigenvalue weighted by Crippen LogP contribution is 2.23. The zero-order valence-electron chi connectivity index (χ0n) is 16.3. The molecule has 1 aromatic carbocycles. The molecule has 2 aliphatic heterocycles. The normalized spacial score (nSPS) is 26.2. The van der Waals surface area contributed by atoms with Crippen molar-refractivity contribution in [3.05, 3.63) is 35.9 Å². The number of nitrogens with two attached hydrogens (primary N) is 1. The Hall–Kier alpha value is -1.43. The number of hydrogen-bond acceptors (Lipinski definition) is 4. The SMILES string of the molecule is CC1CCC(C)N1CCN1CCN(C(=O)CC(N)c2ccccc2)CC1. The number of nitrogens with zero attached hydrogens (tertiary/aromatic N) is 3. The molecule has 2 aliphatic rings. The summed E-state index contributed by atoms with van der Waals surface area (Å²) < 4.78 is 0. The average molecular weight is 359 g/mol. The van der Waals surface area contributed by atoms with Crippen LogP contribution in [0.2, 0.25) is 0 Å². The van der Waals surface area contributed by atoms with Gasteiger partial charge in [0, 0.05) is 63.8 Å². The van der Waals surface area contributed by atoms with Crippen molar-refractivity contribution in [2.45, 2.75) is 51.2 Å². The van der Waals surface area contributed by atoms with E-state index in [2.05, 4.69) is 23.6 Å². The summed E-state index contributed by atoms with van der Waals surface area (Å²) in [6, 6.07) is 11.1. The first-order valence-electron chi connectivity index (χ1n) is 10.1. The van der Waals surface area contributed by atoms with Crippen LogP contribution in [0, 0.1) is 0 Å². The number of carbonyl (C=O) groups excluding carboxylic acids is 1. The number of amides is 1. The highest BCUT2D eigenvalue weighted by molar-refractivity contribution is 5.77. The summed E-state index contributed by atoms with van der Waals surface area (Å²) in [5.41, 5.74) is 7.25. The molecule has 2 heterocycles. The predicted octanol–water partition coefficient (Wildman–Crippen LogP) is 2.09. The molecule has 5 heteroatoms. The highest BCUT2D eigenvalue weighted by Gasteiger charge is 2.28. The lowest BCUT2D eigenvalue weighted by Crippen LogP contribution is -2.51. The van der Waals surface area contributed by atoms with E-state index < -0.39 is 0 Å². The number of hydrogen-bond donors (Lipinski definition) is 1. The largest absolute Gasteiger partial charge is 0.340 e. The maximum atomic E-state index is 12.6. The molecule has 2 fully saturated rings. The maximum Gasteiger partial charge on any atom is 0.224 e. The molecular formula is C21H34N4O. The first-order valence-corrected chi connectivity index (χ1v) is 10.1. The number of carbonyl (C=O) groups is 1. The summed E-state index contributed by atoms with van der Waals surface area (Å²) in [6.45, 7) is 10.5. The second-order valence-electron chi connectivity index (χ2n) is 7.96. The molecule has 5 nitrogen and oxygen atoms in total. The maximum absolute atomic E-state index is 12.6. The van der Waals surface area contributed by atoms with Crippen molar-refractivity contribution in [3.8, 4) is 0 Å². The Morgan fingerprint density at radius 2 is 1.65 bits per heavy atom. The molecule has 1 amide bonds. The smallest absolute Gasteiger partial charge is 0.224 e. The summed E-state index contributed by atoms with van der Waals surface area (Å²) in [5, 5.41) is 0. The topological polar surface area (TPSA) is 52.8 Å². The molecule has 26 heavy (non-hydrogen) atoms. The van der Waals surface area contributed by atoms with E-state index in [0.29, 0.717) is 18.5 Å². The molecule has 144 valence electrons. The fourth-order valence-corrected chi connectivity index (χ4v) is 4.30. The number of benzene rings is 1. The first-order chi connectivity index (χ1) is 12.5. The molecule has 2 N–H and O–H groups in total. The van der Waals surface area contributed by atoms with Crippen LogP contribution in [0.15, 0.2) is 30.3 Å². The van der Waals surface area contributed by atoms with Crippen molar-refractivity contribution in [3.63, 3.8) is 0 Å². The van der Waals surface area contributed by atoms with Crippen molar-refractivity contribution < 1.29 is 4.79 Å². The van der Waals surface area contributed by atoms with Crippen LogP contribution in [0.1, 0.15) is 44.7 Å². The van der Waals surface area contributed by atoms with Gasteiger partial charge in [-0.15, -0.1) is 0 Å². The van der Waals surface area contributed by atoms with Gasteiger partial charge in [0.05, 0.1) is 0 Å². The number of likely N-dealkylation sites (tertiary alicyclic amines) is 1. The molecular weight excluding hydrogens is 324 g/mol. The molecule has 0 saturated carbocycles. The van der Waals surface area contributed by atoms with Gasteiger partial charge in [-0.3, -0.25) is 14.6 Å². The van der Waals surface area contributed by atoms with Gasteiger partial charge < -0.3 is 10.6 Å². The molecule has 0 aromatic heterocycles. The van der Waals surface area contributed by atoms with Crippen LogP contribution in [0.3, 0.4) is 0 Å². The van der Waals surface area contributed by atoms with Crippen molar-refractivity contribution >= 4 is 5.91 Å². The lowest BCUT2D eigenvalue weighted by molar-refractivity contribution is -0.133. The molecule has 2 saturated heterocycles. The minimum atomic E-state index is -0.208. The summed E-state index contributed by atoms with van der Waals surface area (Å²) in [7, 11) is 0. The van der Waals surface area contributed by atoms with Crippen molar-refractivity contribution in [1.29, 1.82) is 0 Å². The summed E-state index contributed by atoms with van der Waals surface area (Å²) in [4.78, 5) is 19.7.